The Morgan fingerprint density at radius 2 is 2.18 bits per heavy atom. The van der Waals surface area contributed by atoms with Crippen LogP contribution in [0, 0.1) is 0 Å². The van der Waals surface area contributed by atoms with E-state index in [9.17, 15) is 5.11 Å². The molecule has 1 N–H and O–H groups in total. The number of rotatable bonds is 0. The van der Waals surface area contributed by atoms with Crippen molar-refractivity contribution in [2.75, 3.05) is 0 Å². The standard InChI is InChI=1S/C9H9NO/c11-8-5-7-3-1-2-4-9(7)10-6-8/h1-4,6,8,11H,5H2. The summed E-state index contributed by atoms with van der Waals surface area (Å²) >= 11 is 0. The Morgan fingerprint density at radius 3 is 3.09 bits per heavy atom. The van der Waals surface area contributed by atoms with Gasteiger partial charge in [0.2, 0.25) is 0 Å². The number of aliphatic hydroxyl groups is 1. The Labute approximate surface area is 65.2 Å². The van der Waals surface area contributed by atoms with Crippen molar-refractivity contribution in [3.8, 4) is 0 Å². The molecule has 0 amide bonds. The molecule has 0 aliphatic carbocycles. The lowest BCUT2D eigenvalue weighted by atomic mass is 10.0. The summed E-state index contributed by atoms with van der Waals surface area (Å²) < 4.78 is 0. The Balaban J connectivity index is 2.46. The average Bonchev–Trinajstić information content (AvgIpc) is 2.04. The number of hydrogen-bond donors (Lipinski definition) is 1. The fourth-order valence-corrected chi connectivity index (χ4v) is 1.25. The third kappa shape index (κ3) is 1.17. The van der Waals surface area contributed by atoms with Crippen LogP contribution in [0.5, 0.6) is 0 Å². The van der Waals surface area contributed by atoms with E-state index in [1.165, 1.54) is 0 Å². The summed E-state index contributed by atoms with van der Waals surface area (Å²) in [6.45, 7) is 0. The fraction of sp³-hybridized carbons (Fsp3) is 0.222. The van der Waals surface area contributed by atoms with E-state index in [0.29, 0.717) is 6.42 Å². The zero-order valence-corrected chi connectivity index (χ0v) is 6.07. The number of aliphatic hydroxyl groups excluding tert-OH is 1. The van der Waals surface area contributed by atoms with E-state index in [-0.39, 0.29) is 0 Å². The topological polar surface area (TPSA) is 32.6 Å². The molecular formula is C9H9NO. The third-order valence-corrected chi connectivity index (χ3v) is 1.81. The second kappa shape index (κ2) is 2.47. The number of benzene rings is 1. The largest absolute Gasteiger partial charge is 0.387 e. The van der Waals surface area contributed by atoms with E-state index in [1.54, 1.807) is 6.21 Å². The molecule has 11 heavy (non-hydrogen) atoms. The van der Waals surface area contributed by atoms with Crippen LogP contribution in [0.15, 0.2) is 29.3 Å². The van der Waals surface area contributed by atoms with Crippen LogP contribution >= 0.6 is 0 Å². The predicted molar refractivity (Wildman–Crippen MR) is 44.3 cm³/mol. The van der Waals surface area contributed by atoms with Gasteiger partial charge in [-0.15, -0.1) is 0 Å². The second-order valence-corrected chi connectivity index (χ2v) is 2.68. The molecule has 0 saturated heterocycles. The van der Waals surface area contributed by atoms with Gasteiger partial charge in [0.1, 0.15) is 0 Å². The summed E-state index contributed by atoms with van der Waals surface area (Å²) in [5.41, 5.74) is 2.11. The number of fused-ring (bicyclic) bond motifs is 1. The lowest BCUT2D eigenvalue weighted by Crippen LogP contribution is -2.14. The van der Waals surface area contributed by atoms with Crippen LogP contribution in [0.3, 0.4) is 0 Å². The summed E-state index contributed by atoms with van der Waals surface area (Å²) in [7, 11) is 0. The van der Waals surface area contributed by atoms with Gasteiger partial charge in [0.05, 0.1) is 11.8 Å². The van der Waals surface area contributed by atoms with Crippen molar-refractivity contribution in [2.24, 2.45) is 4.99 Å². The number of aliphatic imine (C=N–C) groups is 1. The Morgan fingerprint density at radius 1 is 1.36 bits per heavy atom. The molecule has 56 valence electrons. The van der Waals surface area contributed by atoms with Gasteiger partial charge in [-0.05, 0) is 11.6 Å². The Bertz CT molecular complexity index is 293. The molecule has 0 saturated carbocycles. The van der Waals surface area contributed by atoms with Crippen LogP contribution in [0.1, 0.15) is 5.56 Å². The van der Waals surface area contributed by atoms with Gasteiger partial charge in [-0.3, -0.25) is 4.99 Å². The summed E-state index contributed by atoms with van der Waals surface area (Å²) in [6.07, 6.45) is 1.88. The molecule has 2 nitrogen and oxygen atoms in total. The van der Waals surface area contributed by atoms with E-state index in [2.05, 4.69) is 4.99 Å². The Kier molecular flexibility index (Phi) is 1.47. The Hall–Kier alpha value is -1.15. The molecule has 0 radical (unpaired) electrons. The summed E-state index contributed by atoms with van der Waals surface area (Å²) in [4.78, 5) is 4.10. The minimum atomic E-state index is -0.398. The van der Waals surface area contributed by atoms with Crippen LogP contribution in [0.4, 0.5) is 5.69 Å². The van der Waals surface area contributed by atoms with Gasteiger partial charge in [-0.2, -0.15) is 0 Å². The van der Waals surface area contributed by atoms with Crippen molar-refractivity contribution in [3.05, 3.63) is 29.8 Å². The molecule has 1 heterocycles. The van der Waals surface area contributed by atoms with Gasteiger partial charge in [0.15, 0.2) is 0 Å². The second-order valence-electron chi connectivity index (χ2n) is 2.68. The predicted octanol–water partition coefficient (Wildman–Crippen LogP) is 1.31. The van der Waals surface area contributed by atoms with Gasteiger partial charge in [0, 0.05) is 12.6 Å². The normalized spacial score (nSPS) is 21.4. The SMILES string of the molecule is OC1C=Nc2ccccc2C1. The number of hydrogen-bond acceptors (Lipinski definition) is 2. The van der Waals surface area contributed by atoms with Crippen LogP contribution in [-0.2, 0) is 6.42 Å². The van der Waals surface area contributed by atoms with E-state index in [1.807, 2.05) is 24.3 Å². The number of nitrogens with zero attached hydrogens (tertiary/aromatic N) is 1. The lowest BCUT2D eigenvalue weighted by molar-refractivity contribution is 0.245. The monoisotopic (exact) mass is 147 g/mol. The zero-order chi connectivity index (χ0) is 7.68. The zero-order valence-electron chi connectivity index (χ0n) is 6.07. The van der Waals surface area contributed by atoms with Crippen molar-refractivity contribution < 1.29 is 5.11 Å². The first-order chi connectivity index (χ1) is 5.36. The summed E-state index contributed by atoms with van der Waals surface area (Å²) in [6, 6.07) is 7.87. The highest BCUT2D eigenvalue weighted by molar-refractivity contribution is 5.72. The highest BCUT2D eigenvalue weighted by Gasteiger charge is 2.10. The lowest BCUT2D eigenvalue weighted by Gasteiger charge is -2.12. The number of para-hydroxylation sites is 1. The molecular weight excluding hydrogens is 138 g/mol. The summed E-state index contributed by atoms with van der Waals surface area (Å²) in [5.74, 6) is 0. The van der Waals surface area contributed by atoms with Crippen molar-refractivity contribution >= 4 is 11.9 Å². The first-order valence-electron chi connectivity index (χ1n) is 3.66. The molecule has 0 bridgehead atoms. The molecule has 1 aromatic rings. The molecule has 1 unspecified atom stereocenters. The summed E-state index contributed by atoms with van der Waals surface area (Å²) in [5, 5.41) is 9.21. The molecule has 2 rings (SSSR count). The van der Waals surface area contributed by atoms with E-state index in [4.69, 9.17) is 0 Å². The highest BCUT2D eigenvalue weighted by Crippen LogP contribution is 2.22. The molecule has 2 heteroatoms. The van der Waals surface area contributed by atoms with E-state index < -0.39 is 6.10 Å². The molecule has 1 aromatic carbocycles. The maximum atomic E-state index is 9.21. The molecule has 0 spiro atoms. The minimum absolute atomic E-state index is 0.398. The average molecular weight is 147 g/mol. The highest BCUT2D eigenvalue weighted by atomic mass is 16.3. The minimum Gasteiger partial charge on any atom is -0.387 e. The van der Waals surface area contributed by atoms with Crippen molar-refractivity contribution in [3.63, 3.8) is 0 Å². The van der Waals surface area contributed by atoms with E-state index in [0.717, 1.165) is 11.3 Å². The quantitative estimate of drug-likeness (QED) is 0.589. The first-order valence-corrected chi connectivity index (χ1v) is 3.66. The van der Waals surface area contributed by atoms with Gasteiger partial charge in [-0.1, -0.05) is 18.2 Å². The molecule has 0 aromatic heterocycles. The van der Waals surface area contributed by atoms with Crippen LogP contribution in [0.2, 0.25) is 0 Å². The van der Waals surface area contributed by atoms with Crippen LogP contribution in [-0.4, -0.2) is 17.4 Å². The van der Waals surface area contributed by atoms with Crippen LogP contribution in [0.25, 0.3) is 0 Å². The van der Waals surface area contributed by atoms with Gasteiger partial charge in [-0.25, -0.2) is 0 Å². The van der Waals surface area contributed by atoms with Gasteiger partial charge in [0.25, 0.3) is 0 Å². The molecule has 1 aliphatic rings. The van der Waals surface area contributed by atoms with Gasteiger partial charge < -0.3 is 5.11 Å². The van der Waals surface area contributed by atoms with Crippen molar-refractivity contribution in [2.45, 2.75) is 12.5 Å². The van der Waals surface area contributed by atoms with Gasteiger partial charge >= 0.3 is 0 Å². The fourth-order valence-electron chi connectivity index (χ4n) is 1.25. The maximum absolute atomic E-state index is 9.21. The molecule has 1 aliphatic heterocycles. The maximum Gasteiger partial charge on any atom is 0.0932 e. The smallest absolute Gasteiger partial charge is 0.0932 e. The van der Waals surface area contributed by atoms with Crippen molar-refractivity contribution in [1.29, 1.82) is 0 Å². The molecule has 0 fully saturated rings. The van der Waals surface area contributed by atoms with Crippen LogP contribution < -0.4 is 0 Å². The first kappa shape index (κ1) is 6.55. The third-order valence-electron chi connectivity index (χ3n) is 1.81. The van der Waals surface area contributed by atoms with E-state index >= 15 is 0 Å². The van der Waals surface area contributed by atoms with Crippen molar-refractivity contribution in [1.82, 2.24) is 0 Å². The molecule has 1 atom stereocenters.